The smallest absolute Gasteiger partial charge is 0.417 e. The summed E-state index contributed by atoms with van der Waals surface area (Å²) in [7, 11) is 0. The van der Waals surface area contributed by atoms with Gasteiger partial charge >= 0.3 is 6.18 Å². The van der Waals surface area contributed by atoms with Crippen LogP contribution in [0.2, 0.25) is 0 Å². The quantitative estimate of drug-likeness (QED) is 0.691. The van der Waals surface area contributed by atoms with Crippen molar-refractivity contribution in [2.24, 2.45) is 0 Å². The molecular weight excluding hydrogens is 291 g/mol. The minimum atomic E-state index is -4.45. The van der Waals surface area contributed by atoms with Gasteiger partial charge in [-0.05, 0) is 41.8 Å². The number of aryl methyl sites for hydroxylation is 1. The Labute approximate surface area is 124 Å². The van der Waals surface area contributed by atoms with Gasteiger partial charge < -0.3 is 5.11 Å². The number of phenolic OH excluding ortho intramolecular Hbond substituents is 1. The van der Waals surface area contributed by atoms with E-state index >= 15 is 0 Å². The lowest BCUT2D eigenvalue weighted by molar-refractivity contribution is -0.137. The molecule has 0 saturated carbocycles. The Bertz CT molecular complexity index is 856. The summed E-state index contributed by atoms with van der Waals surface area (Å²) < 4.78 is 39.7. The molecule has 1 heterocycles. The van der Waals surface area contributed by atoms with Crippen LogP contribution < -0.4 is 0 Å². The minimum absolute atomic E-state index is 0.0103. The molecule has 0 radical (unpaired) electrons. The minimum Gasteiger partial charge on any atom is -0.505 e. The van der Waals surface area contributed by atoms with Gasteiger partial charge in [-0.1, -0.05) is 24.3 Å². The summed E-state index contributed by atoms with van der Waals surface area (Å²) in [5.74, 6) is -0.0103. The van der Waals surface area contributed by atoms with E-state index in [1.165, 1.54) is 18.3 Å². The van der Waals surface area contributed by atoms with Gasteiger partial charge in [0.15, 0.2) is 0 Å². The molecular formula is C17H12F3NO. The Morgan fingerprint density at radius 1 is 1.00 bits per heavy atom. The number of hydrogen-bond acceptors (Lipinski definition) is 2. The van der Waals surface area contributed by atoms with Crippen molar-refractivity contribution in [2.45, 2.75) is 13.1 Å². The van der Waals surface area contributed by atoms with E-state index < -0.39 is 11.7 Å². The summed E-state index contributed by atoms with van der Waals surface area (Å²) in [6, 6.07) is 10.3. The highest BCUT2D eigenvalue weighted by Gasteiger charge is 2.33. The molecule has 112 valence electrons. The fourth-order valence-electron chi connectivity index (χ4n) is 2.55. The summed E-state index contributed by atoms with van der Waals surface area (Å²) in [6.45, 7) is 1.64. The number of fused-ring (bicyclic) bond motifs is 1. The van der Waals surface area contributed by atoms with Crippen LogP contribution in [0.25, 0.3) is 22.0 Å². The molecule has 0 fully saturated rings. The summed E-state index contributed by atoms with van der Waals surface area (Å²) >= 11 is 0. The maximum atomic E-state index is 13.2. The van der Waals surface area contributed by atoms with Gasteiger partial charge in [0.2, 0.25) is 0 Å². The van der Waals surface area contributed by atoms with Crippen LogP contribution in [0.15, 0.2) is 48.7 Å². The molecule has 0 aliphatic rings. The molecule has 0 unspecified atom stereocenters. The molecule has 2 aromatic carbocycles. The Morgan fingerprint density at radius 3 is 2.45 bits per heavy atom. The molecule has 5 heteroatoms. The number of pyridine rings is 1. The molecule has 0 spiro atoms. The van der Waals surface area contributed by atoms with Crippen molar-refractivity contribution < 1.29 is 18.3 Å². The number of phenols is 1. The first-order valence-electron chi connectivity index (χ1n) is 6.63. The fourth-order valence-corrected chi connectivity index (χ4v) is 2.55. The van der Waals surface area contributed by atoms with Gasteiger partial charge in [0, 0.05) is 11.6 Å². The maximum absolute atomic E-state index is 13.2. The first kappa shape index (κ1) is 14.4. The van der Waals surface area contributed by atoms with E-state index in [0.717, 1.165) is 6.07 Å². The normalized spacial score (nSPS) is 11.8. The van der Waals surface area contributed by atoms with E-state index in [1.54, 1.807) is 31.2 Å². The second-order valence-corrected chi connectivity index (χ2v) is 5.03. The van der Waals surface area contributed by atoms with Crippen molar-refractivity contribution in [1.82, 2.24) is 4.98 Å². The number of halogens is 3. The second kappa shape index (κ2) is 5.02. The zero-order valence-corrected chi connectivity index (χ0v) is 11.6. The first-order valence-corrected chi connectivity index (χ1v) is 6.63. The van der Waals surface area contributed by atoms with Crippen molar-refractivity contribution in [1.29, 1.82) is 0 Å². The Balaban J connectivity index is 2.40. The number of nitrogens with zero attached hydrogens (tertiary/aromatic N) is 1. The highest BCUT2D eigenvalue weighted by molar-refractivity contribution is 5.99. The lowest BCUT2D eigenvalue weighted by Crippen LogP contribution is -2.07. The highest BCUT2D eigenvalue weighted by atomic mass is 19.4. The van der Waals surface area contributed by atoms with Crippen LogP contribution in [0.3, 0.4) is 0 Å². The molecule has 1 aromatic heterocycles. The van der Waals surface area contributed by atoms with Crippen molar-refractivity contribution >= 4 is 10.9 Å². The van der Waals surface area contributed by atoms with Crippen LogP contribution >= 0.6 is 0 Å². The van der Waals surface area contributed by atoms with Crippen LogP contribution in [-0.4, -0.2) is 10.1 Å². The molecule has 1 N–H and O–H groups in total. The van der Waals surface area contributed by atoms with E-state index in [1.807, 2.05) is 0 Å². The van der Waals surface area contributed by atoms with Crippen molar-refractivity contribution in [3.8, 4) is 16.9 Å². The Kier molecular flexibility index (Phi) is 3.28. The largest absolute Gasteiger partial charge is 0.505 e. The number of benzene rings is 2. The second-order valence-electron chi connectivity index (χ2n) is 5.03. The predicted octanol–water partition coefficient (Wildman–Crippen LogP) is 4.93. The average Bonchev–Trinajstić information content (AvgIpc) is 2.50. The standard InChI is InChI=1S/C17H12F3NO/c1-10-9-13(12-6-4-8-21-15(12)16(10)22)11-5-2-3-7-14(11)17(18,19)20/h2-9,22H,1H3. The zero-order valence-electron chi connectivity index (χ0n) is 11.6. The van der Waals surface area contributed by atoms with Gasteiger partial charge in [-0.15, -0.1) is 0 Å². The molecule has 0 bridgehead atoms. The van der Waals surface area contributed by atoms with Gasteiger partial charge in [-0.2, -0.15) is 13.2 Å². The molecule has 0 amide bonds. The number of aromatic hydroxyl groups is 1. The molecule has 3 aromatic rings. The molecule has 22 heavy (non-hydrogen) atoms. The van der Waals surface area contributed by atoms with Gasteiger partial charge in [0.25, 0.3) is 0 Å². The third kappa shape index (κ3) is 2.28. The maximum Gasteiger partial charge on any atom is 0.417 e. The van der Waals surface area contributed by atoms with E-state index in [-0.39, 0.29) is 11.3 Å². The van der Waals surface area contributed by atoms with Crippen LogP contribution in [0.5, 0.6) is 5.75 Å². The van der Waals surface area contributed by atoms with Gasteiger partial charge in [0.05, 0.1) is 5.56 Å². The van der Waals surface area contributed by atoms with Crippen molar-refractivity contribution in [3.05, 3.63) is 59.8 Å². The summed E-state index contributed by atoms with van der Waals surface area (Å²) in [5, 5.41) is 10.6. The third-order valence-electron chi connectivity index (χ3n) is 3.58. The first-order chi connectivity index (χ1) is 10.4. The van der Waals surface area contributed by atoms with E-state index in [9.17, 15) is 18.3 Å². The van der Waals surface area contributed by atoms with Crippen LogP contribution in [0.4, 0.5) is 13.2 Å². The predicted molar refractivity (Wildman–Crippen MR) is 78.6 cm³/mol. The summed E-state index contributed by atoms with van der Waals surface area (Å²) in [4.78, 5) is 4.09. The van der Waals surface area contributed by atoms with Crippen LogP contribution in [-0.2, 0) is 6.18 Å². The lowest BCUT2D eigenvalue weighted by atomic mass is 9.94. The Morgan fingerprint density at radius 2 is 1.73 bits per heavy atom. The monoisotopic (exact) mass is 303 g/mol. The van der Waals surface area contributed by atoms with E-state index in [2.05, 4.69) is 4.98 Å². The van der Waals surface area contributed by atoms with Crippen LogP contribution in [0, 0.1) is 6.92 Å². The Hall–Kier alpha value is -2.56. The highest BCUT2D eigenvalue weighted by Crippen LogP contribution is 2.41. The molecule has 0 atom stereocenters. The number of hydrogen-bond donors (Lipinski definition) is 1. The number of rotatable bonds is 1. The lowest BCUT2D eigenvalue weighted by Gasteiger charge is -2.15. The van der Waals surface area contributed by atoms with Gasteiger partial charge in [0.1, 0.15) is 11.3 Å². The van der Waals surface area contributed by atoms with E-state index in [4.69, 9.17) is 0 Å². The van der Waals surface area contributed by atoms with Crippen LogP contribution in [0.1, 0.15) is 11.1 Å². The summed E-state index contributed by atoms with van der Waals surface area (Å²) in [5.41, 5.74) is 0.570. The van der Waals surface area contributed by atoms with E-state index in [0.29, 0.717) is 22.0 Å². The van der Waals surface area contributed by atoms with Gasteiger partial charge in [-0.3, -0.25) is 4.98 Å². The SMILES string of the molecule is Cc1cc(-c2ccccc2C(F)(F)F)c2cccnc2c1O. The average molecular weight is 303 g/mol. The fraction of sp³-hybridized carbons (Fsp3) is 0.118. The zero-order chi connectivity index (χ0) is 15.9. The van der Waals surface area contributed by atoms with Crippen molar-refractivity contribution in [3.63, 3.8) is 0 Å². The van der Waals surface area contributed by atoms with Crippen molar-refractivity contribution in [2.75, 3.05) is 0 Å². The third-order valence-corrected chi connectivity index (χ3v) is 3.58. The number of alkyl halides is 3. The molecule has 0 aliphatic heterocycles. The molecule has 0 aliphatic carbocycles. The molecule has 2 nitrogen and oxygen atoms in total. The molecule has 3 rings (SSSR count). The number of aromatic nitrogens is 1. The molecule has 0 saturated heterocycles. The topological polar surface area (TPSA) is 33.1 Å². The van der Waals surface area contributed by atoms with Gasteiger partial charge in [-0.25, -0.2) is 0 Å². The summed E-state index contributed by atoms with van der Waals surface area (Å²) in [6.07, 6.45) is -2.95.